The van der Waals surface area contributed by atoms with Gasteiger partial charge in [0.25, 0.3) is 0 Å². The molecule has 0 bridgehead atoms. The Kier molecular flexibility index (Phi) is 2.98. The number of aromatic nitrogens is 1. The first-order chi connectivity index (χ1) is 8.29. The van der Waals surface area contributed by atoms with Gasteiger partial charge in [0.05, 0.1) is 10.9 Å². The van der Waals surface area contributed by atoms with Gasteiger partial charge in [-0.2, -0.15) is 0 Å². The number of H-pyrrole nitrogens is 1. The number of hydrogen-bond donors (Lipinski definition) is 1. The molecule has 0 amide bonds. The van der Waals surface area contributed by atoms with Crippen LogP contribution in [0.15, 0.2) is 23.0 Å². The molecule has 0 fully saturated rings. The van der Waals surface area contributed by atoms with Crippen molar-refractivity contribution in [3.05, 3.63) is 39.1 Å². The number of alkyl halides is 3. The van der Waals surface area contributed by atoms with Gasteiger partial charge < -0.3 is 9.72 Å². The Morgan fingerprint density at radius 1 is 1.33 bits per heavy atom. The zero-order valence-corrected chi connectivity index (χ0v) is 9.82. The highest BCUT2D eigenvalue weighted by atomic mass is 35.5. The lowest BCUT2D eigenvalue weighted by Gasteiger charge is -2.11. The Morgan fingerprint density at radius 3 is 2.61 bits per heavy atom. The van der Waals surface area contributed by atoms with Crippen molar-refractivity contribution < 1.29 is 17.9 Å². The van der Waals surface area contributed by atoms with Crippen molar-refractivity contribution in [2.75, 3.05) is 0 Å². The number of ether oxygens (including phenoxy) is 1. The van der Waals surface area contributed by atoms with Gasteiger partial charge in [-0.25, -0.2) is 0 Å². The lowest BCUT2D eigenvalue weighted by molar-refractivity contribution is -0.274. The maximum atomic E-state index is 12.2. The largest absolute Gasteiger partial charge is 0.573 e. The van der Waals surface area contributed by atoms with E-state index >= 15 is 0 Å². The third kappa shape index (κ3) is 2.28. The van der Waals surface area contributed by atoms with Crippen molar-refractivity contribution >= 4 is 22.5 Å². The molecule has 1 heterocycles. The van der Waals surface area contributed by atoms with Crippen molar-refractivity contribution in [2.45, 2.75) is 13.3 Å². The number of fused-ring (bicyclic) bond motifs is 1. The van der Waals surface area contributed by atoms with E-state index in [2.05, 4.69) is 9.72 Å². The van der Waals surface area contributed by atoms with Gasteiger partial charge in [0.2, 0.25) is 5.43 Å². The summed E-state index contributed by atoms with van der Waals surface area (Å²) in [7, 11) is 0. The van der Waals surface area contributed by atoms with E-state index in [9.17, 15) is 18.0 Å². The summed E-state index contributed by atoms with van der Waals surface area (Å²) in [6.07, 6.45) is -4.82. The van der Waals surface area contributed by atoms with Crippen LogP contribution in [-0.2, 0) is 0 Å². The number of para-hydroxylation sites is 1. The number of rotatable bonds is 1. The maximum Gasteiger partial charge on any atom is 0.573 e. The van der Waals surface area contributed by atoms with Crippen LogP contribution < -0.4 is 10.2 Å². The topological polar surface area (TPSA) is 42.1 Å². The molecule has 0 aliphatic heterocycles. The molecule has 0 atom stereocenters. The first kappa shape index (κ1) is 12.8. The molecule has 96 valence electrons. The Hall–Kier alpha value is -1.69. The molecule has 0 aliphatic carbocycles. The van der Waals surface area contributed by atoms with Crippen LogP contribution in [-0.4, -0.2) is 11.3 Å². The van der Waals surface area contributed by atoms with Crippen LogP contribution in [0.4, 0.5) is 13.2 Å². The van der Waals surface area contributed by atoms with Crippen molar-refractivity contribution in [3.8, 4) is 5.75 Å². The van der Waals surface area contributed by atoms with E-state index in [0.717, 1.165) is 6.07 Å². The highest BCUT2D eigenvalue weighted by Gasteiger charge is 2.32. The summed E-state index contributed by atoms with van der Waals surface area (Å²) in [5.41, 5.74) is -0.273. The molecule has 0 saturated heterocycles. The Morgan fingerprint density at radius 2 is 2.00 bits per heavy atom. The van der Waals surface area contributed by atoms with Crippen molar-refractivity contribution in [2.24, 2.45) is 0 Å². The molecular weight excluding hydrogens is 271 g/mol. The minimum Gasteiger partial charge on any atom is -0.404 e. The molecule has 1 N–H and O–H groups in total. The van der Waals surface area contributed by atoms with Gasteiger partial charge >= 0.3 is 6.36 Å². The van der Waals surface area contributed by atoms with Crippen LogP contribution in [0.2, 0.25) is 5.02 Å². The highest BCUT2D eigenvalue weighted by molar-refractivity contribution is 6.31. The van der Waals surface area contributed by atoms with E-state index in [0.29, 0.717) is 0 Å². The number of pyridine rings is 1. The molecule has 0 aliphatic rings. The van der Waals surface area contributed by atoms with Crippen LogP contribution in [0, 0.1) is 6.92 Å². The summed E-state index contributed by atoms with van der Waals surface area (Å²) in [5.74, 6) is -0.461. The second-order valence-corrected chi connectivity index (χ2v) is 4.00. The van der Waals surface area contributed by atoms with Gasteiger partial charge in [-0.15, -0.1) is 13.2 Å². The Bertz CT molecular complexity index is 664. The molecule has 2 rings (SSSR count). The monoisotopic (exact) mass is 277 g/mol. The number of aryl methyl sites for hydroxylation is 1. The van der Waals surface area contributed by atoms with Crippen LogP contribution in [0.1, 0.15) is 5.69 Å². The molecule has 18 heavy (non-hydrogen) atoms. The lowest BCUT2D eigenvalue weighted by Crippen LogP contribution is -2.18. The lowest BCUT2D eigenvalue weighted by atomic mass is 10.2. The summed E-state index contributed by atoms with van der Waals surface area (Å²) < 4.78 is 40.5. The van der Waals surface area contributed by atoms with Crippen LogP contribution in [0.5, 0.6) is 5.75 Å². The average molecular weight is 278 g/mol. The summed E-state index contributed by atoms with van der Waals surface area (Å²) >= 11 is 5.74. The first-order valence-corrected chi connectivity index (χ1v) is 5.24. The fraction of sp³-hybridized carbons (Fsp3) is 0.182. The molecule has 0 unspecified atom stereocenters. The third-order valence-corrected chi connectivity index (χ3v) is 2.79. The van der Waals surface area contributed by atoms with Gasteiger partial charge in [-0.3, -0.25) is 4.79 Å². The molecule has 7 heteroatoms. The number of halogens is 4. The number of aromatic amines is 1. The van der Waals surface area contributed by atoms with Crippen molar-refractivity contribution in [1.29, 1.82) is 0 Å². The summed E-state index contributed by atoms with van der Waals surface area (Å²) in [4.78, 5) is 14.4. The van der Waals surface area contributed by atoms with Gasteiger partial charge in [-0.05, 0) is 19.1 Å². The molecule has 3 nitrogen and oxygen atoms in total. The fourth-order valence-corrected chi connectivity index (χ4v) is 1.74. The Balaban J connectivity index is 2.74. The van der Waals surface area contributed by atoms with Crippen LogP contribution >= 0.6 is 11.6 Å². The van der Waals surface area contributed by atoms with Crippen molar-refractivity contribution in [1.82, 2.24) is 4.98 Å². The summed E-state index contributed by atoms with van der Waals surface area (Å²) in [5, 5.41) is -0.000918. The first-order valence-electron chi connectivity index (χ1n) is 4.86. The van der Waals surface area contributed by atoms with E-state index in [1.165, 1.54) is 19.1 Å². The molecule has 0 saturated carbocycles. The molecule has 0 radical (unpaired) electrons. The minimum atomic E-state index is -4.82. The van der Waals surface area contributed by atoms with Gasteiger partial charge in [0, 0.05) is 5.69 Å². The molecule has 2 aromatic rings. The highest BCUT2D eigenvalue weighted by Crippen LogP contribution is 2.29. The van der Waals surface area contributed by atoms with E-state index in [4.69, 9.17) is 11.6 Å². The standard InChI is InChI=1S/C11H7ClF3NO2/c1-5-8(12)10(17)6-3-2-4-7(9(6)16-5)18-11(13,14)15/h2-4H,1H3,(H,16,17). The normalized spacial score (nSPS) is 11.8. The van der Waals surface area contributed by atoms with Crippen molar-refractivity contribution in [3.63, 3.8) is 0 Å². The van der Waals surface area contributed by atoms with Gasteiger partial charge in [0.15, 0.2) is 5.75 Å². The van der Waals surface area contributed by atoms with Crippen LogP contribution in [0.3, 0.4) is 0 Å². The van der Waals surface area contributed by atoms with Gasteiger partial charge in [-0.1, -0.05) is 17.7 Å². The SMILES string of the molecule is Cc1[nH]c2c(OC(F)(F)F)cccc2c(=O)c1Cl. The minimum absolute atomic E-state index is 0.0262. The molecule has 0 spiro atoms. The quantitative estimate of drug-likeness (QED) is 0.868. The fourth-order valence-electron chi connectivity index (χ4n) is 1.59. The van der Waals surface area contributed by atoms with E-state index in [1.807, 2.05) is 0 Å². The van der Waals surface area contributed by atoms with Gasteiger partial charge in [0.1, 0.15) is 5.02 Å². The van der Waals surface area contributed by atoms with E-state index in [1.54, 1.807) is 0 Å². The molecule has 1 aromatic heterocycles. The Labute approximate surface area is 104 Å². The second-order valence-electron chi connectivity index (χ2n) is 3.62. The zero-order chi connectivity index (χ0) is 13.5. The average Bonchev–Trinajstić information content (AvgIpc) is 2.25. The maximum absolute atomic E-state index is 12.2. The second kappa shape index (κ2) is 4.20. The smallest absolute Gasteiger partial charge is 0.404 e. The van der Waals surface area contributed by atoms with E-state index in [-0.39, 0.29) is 21.6 Å². The molecular formula is C11H7ClF3NO2. The number of benzene rings is 1. The number of hydrogen-bond acceptors (Lipinski definition) is 2. The number of nitrogens with one attached hydrogen (secondary N) is 1. The summed E-state index contributed by atoms with van der Waals surface area (Å²) in [6.45, 7) is 1.49. The van der Waals surface area contributed by atoms with E-state index < -0.39 is 17.5 Å². The zero-order valence-electron chi connectivity index (χ0n) is 9.06. The van der Waals surface area contributed by atoms with Crippen LogP contribution in [0.25, 0.3) is 10.9 Å². The molecule has 1 aromatic carbocycles. The predicted molar refractivity (Wildman–Crippen MR) is 61.0 cm³/mol. The third-order valence-electron chi connectivity index (χ3n) is 2.34. The predicted octanol–water partition coefficient (Wildman–Crippen LogP) is 3.39. The summed E-state index contributed by atoms with van der Waals surface area (Å²) in [6, 6.07) is 3.80.